The van der Waals surface area contributed by atoms with Gasteiger partial charge in [-0.25, -0.2) is 4.98 Å². The lowest BCUT2D eigenvalue weighted by Gasteiger charge is -2.10. The molecule has 0 radical (unpaired) electrons. The van der Waals surface area contributed by atoms with Gasteiger partial charge in [-0.1, -0.05) is 18.2 Å². The number of methoxy groups -OCH3 is 1. The predicted molar refractivity (Wildman–Crippen MR) is 102 cm³/mol. The van der Waals surface area contributed by atoms with Crippen LogP contribution in [-0.4, -0.2) is 34.6 Å². The molecule has 1 amide bonds. The number of benzene rings is 2. The maximum Gasteiger partial charge on any atom is 0.573 e. The molecule has 0 aliphatic carbocycles. The summed E-state index contributed by atoms with van der Waals surface area (Å²) in [6.07, 6.45) is -2.47. The monoisotopic (exact) mass is 418 g/mol. The fraction of sp³-hybridized carbons (Fsp3) is 0.150. The lowest BCUT2D eigenvalue weighted by atomic mass is 10.2. The summed E-state index contributed by atoms with van der Waals surface area (Å²) in [7, 11) is 1.57. The molecule has 0 aliphatic heterocycles. The van der Waals surface area contributed by atoms with Gasteiger partial charge >= 0.3 is 6.36 Å². The van der Waals surface area contributed by atoms with Crippen LogP contribution in [0.3, 0.4) is 0 Å². The highest BCUT2D eigenvalue weighted by Gasteiger charge is 2.31. The van der Waals surface area contributed by atoms with Gasteiger partial charge < -0.3 is 14.8 Å². The van der Waals surface area contributed by atoms with Crippen molar-refractivity contribution >= 4 is 12.0 Å². The smallest absolute Gasteiger partial charge is 0.497 e. The Bertz CT molecular complexity index is 1030. The maximum atomic E-state index is 12.4. The van der Waals surface area contributed by atoms with Crippen molar-refractivity contribution in [1.82, 2.24) is 20.5 Å². The van der Waals surface area contributed by atoms with E-state index in [1.807, 2.05) is 0 Å². The number of aromatic amines is 1. The van der Waals surface area contributed by atoms with Gasteiger partial charge in [0.2, 0.25) is 5.91 Å². The molecule has 10 heteroatoms. The Morgan fingerprint density at radius 2 is 1.90 bits per heavy atom. The van der Waals surface area contributed by atoms with E-state index in [1.165, 1.54) is 30.3 Å². The van der Waals surface area contributed by atoms with E-state index in [0.29, 0.717) is 17.4 Å². The Labute approximate surface area is 169 Å². The first-order valence-corrected chi connectivity index (χ1v) is 8.70. The molecule has 0 fully saturated rings. The van der Waals surface area contributed by atoms with E-state index in [0.717, 1.165) is 11.6 Å². The van der Waals surface area contributed by atoms with Gasteiger partial charge in [0.15, 0.2) is 5.82 Å². The Morgan fingerprint density at radius 3 is 2.60 bits per heavy atom. The van der Waals surface area contributed by atoms with Crippen molar-refractivity contribution < 1.29 is 27.4 Å². The Morgan fingerprint density at radius 1 is 1.17 bits per heavy atom. The van der Waals surface area contributed by atoms with Gasteiger partial charge in [0.1, 0.15) is 17.3 Å². The second-order valence-corrected chi connectivity index (χ2v) is 5.97. The fourth-order valence-electron chi connectivity index (χ4n) is 2.47. The minimum atomic E-state index is -4.82. The summed E-state index contributed by atoms with van der Waals surface area (Å²) < 4.78 is 46.4. The van der Waals surface area contributed by atoms with Crippen LogP contribution in [0.15, 0.2) is 54.6 Å². The van der Waals surface area contributed by atoms with Gasteiger partial charge in [-0.15, -0.1) is 13.2 Å². The SMILES string of the molecule is COc1ccc(-c2n[nH]c(CNC(=O)/C=C/c3ccccc3OC(F)(F)F)n2)cc1. The van der Waals surface area contributed by atoms with E-state index in [-0.39, 0.29) is 12.1 Å². The first-order valence-electron chi connectivity index (χ1n) is 8.70. The van der Waals surface area contributed by atoms with E-state index >= 15 is 0 Å². The molecule has 2 aromatic carbocycles. The molecule has 3 aromatic rings. The number of carbonyl (C=O) groups excluding carboxylic acids is 1. The van der Waals surface area contributed by atoms with Gasteiger partial charge in [0, 0.05) is 17.2 Å². The van der Waals surface area contributed by atoms with Crippen LogP contribution >= 0.6 is 0 Å². The third-order valence-electron chi connectivity index (χ3n) is 3.87. The molecule has 0 aliphatic rings. The lowest BCUT2D eigenvalue weighted by molar-refractivity contribution is -0.274. The molecule has 0 atom stereocenters. The number of halogens is 3. The third kappa shape index (κ3) is 5.84. The van der Waals surface area contributed by atoms with Crippen LogP contribution < -0.4 is 14.8 Å². The third-order valence-corrected chi connectivity index (χ3v) is 3.87. The number of para-hydroxylation sites is 1. The van der Waals surface area contributed by atoms with E-state index in [4.69, 9.17) is 4.74 Å². The number of alkyl halides is 3. The molecular weight excluding hydrogens is 401 g/mol. The summed E-state index contributed by atoms with van der Waals surface area (Å²) >= 11 is 0. The van der Waals surface area contributed by atoms with Crippen LogP contribution in [0, 0.1) is 0 Å². The summed E-state index contributed by atoms with van der Waals surface area (Å²) in [5, 5.41) is 9.39. The van der Waals surface area contributed by atoms with Crippen LogP contribution in [0.2, 0.25) is 0 Å². The zero-order valence-electron chi connectivity index (χ0n) is 15.7. The van der Waals surface area contributed by atoms with E-state index in [1.54, 1.807) is 31.4 Å². The summed E-state index contributed by atoms with van der Waals surface area (Å²) in [5.41, 5.74) is 0.886. The highest BCUT2D eigenvalue weighted by molar-refractivity contribution is 5.92. The van der Waals surface area contributed by atoms with Crippen LogP contribution in [0.25, 0.3) is 17.5 Å². The molecule has 2 N–H and O–H groups in total. The number of nitrogens with one attached hydrogen (secondary N) is 2. The molecule has 30 heavy (non-hydrogen) atoms. The molecule has 1 aromatic heterocycles. The number of rotatable bonds is 7. The maximum absolute atomic E-state index is 12.4. The highest BCUT2D eigenvalue weighted by Crippen LogP contribution is 2.27. The summed E-state index contributed by atoms with van der Waals surface area (Å²) in [4.78, 5) is 16.3. The van der Waals surface area contributed by atoms with Crippen molar-refractivity contribution in [3.05, 3.63) is 66.0 Å². The number of hydrogen-bond donors (Lipinski definition) is 2. The van der Waals surface area contributed by atoms with Crippen molar-refractivity contribution in [3.8, 4) is 22.9 Å². The summed E-state index contributed by atoms with van der Waals surface area (Å²) in [6.45, 7) is 0.0625. The summed E-state index contributed by atoms with van der Waals surface area (Å²) in [5.74, 6) is 0.669. The van der Waals surface area contributed by atoms with E-state index in [9.17, 15) is 18.0 Å². The Hall–Kier alpha value is -3.82. The van der Waals surface area contributed by atoms with Gasteiger partial charge in [-0.3, -0.25) is 9.89 Å². The van der Waals surface area contributed by atoms with E-state index < -0.39 is 18.0 Å². The number of aromatic nitrogens is 3. The molecule has 3 rings (SSSR count). The molecule has 0 saturated carbocycles. The number of H-pyrrole nitrogens is 1. The second kappa shape index (κ2) is 9.12. The predicted octanol–water partition coefficient (Wildman–Crippen LogP) is 3.71. The van der Waals surface area contributed by atoms with Crippen LogP contribution in [-0.2, 0) is 11.3 Å². The van der Waals surface area contributed by atoms with Gasteiger partial charge in [-0.2, -0.15) is 5.10 Å². The number of carbonyl (C=O) groups is 1. The van der Waals surface area contributed by atoms with E-state index in [2.05, 4.69) is 25.2 Å². The standard InChI is InChI=1S/C20H17F3N4O3/c1-29-15-9-6-14(7-10-15)19-25-17(26-27-19)12-24-18(28)11-8-13-4-2-3-5-16(13)30-20(21,22)23/h2-11H,12H2,1H3,(H,24,28)(H,25,26,27)/b11-8+. The Balaban J connectivity index is 1.58. The first-order chi connectivity index (χ1) is 14.3. The van der Waals surface area contributed by atoms with Crippen molar-refractivity contribution in [2.45, 2.75) is 12.9 Å². The minimum Gasteiger partial charge on any atom is -0.497 e. The molecule has 0 unspecified atom stereocenters. The van der Waals surface area contributed by atoms with Crippen molar-refractivity contribution in [1.29, 1.82) is 0 Å². The number of ether oxygens (including phenoxy) is 2. The molecule has 1 heterocycles. The molecule has 0 saturated heterocycles. The first kappa shape index (κ1) is 20.9. The number of amides is 1. The molecule has 0 spiro atoms. The molecule has 156 valence electrons. The minimum absolute atomic E-state index is 0.0625. The van der Waals surface area contributed by atoms with Crippen molar-refractivity contribution in [2.24, 2.45) is 0 Å². The zero-order valence-corrected chi connectivity index (χ0v) is 15.7. The normalized spacial score (nSPS) is 11.5. The quantitative estimate of drug-likeness (QED) is 0.571. The largest absolute Gasteiger partial charge is 0.573 e. The Kier molecular flexibility index (Phi) is 6.35. The van der Waals surface area contributed by atoms with Gasteiger partial charge in [0.25, 0.3) is 0 Å². The zero-order chi connectivity index (χ0) is 21.6. The topological polar surface area (TPSA) is 89.1 Å². The van der Waals surface area contributed by atoms with Gasteiger partial charge in [-0.05, 0) is 36.4 Å². The molecule has 7 nitrogen and oxygen atoms in total. The van der Waals surface area contributed by atoms with Gasteiger partial charge in [0.05, 0.1) is 13.7 Å². The average Bonchev–Trinajstić information content (AvgIpc) is 3.19. The average molecular weight is 418 g/mol. The molecule has 0 bridgehead atoms. The fourth-order valence-corrected chi connectivity index (χ4v) is 2.47. The second-order valence-electron chi connectivity index (χ2n) is 5.97. The van der Waals surface area contributed by atoms with Crippen molar-refractivity contribution in [2.75, 3.05) is 7.11 Å². The van der Waals surface area contributed by atoms with Crippen LogP contribution in [0.5, 0.6) is 11.5 Å². The highest BCUT2D eigenvalue weighted by atomic mass is 19.4. The summed E-state index contributed by atoms with van der Waals surface area (Å²) in [6, 6.07) is 12.7. The van der Waals surface area contributed by atoms with Crippen LogP contribution in [0.4, 0.5) is 13.2 Å². The van der Waals surface area contributed by atoms with Crippen LogP contribution in [0.1, 0.15) is 11.4 Å². The lowest BCUT2D eigenvalue weighted by Crippen LogP contribution is -2.21. The van der Waals surface area contributed by atoms with Crippen molar-refractivity contribution in [3.63, 3.8) is 0 Å². The molecular formula is C20H17F3N4O3. The number of hydrogen-bond acceptors (Lipinski definition) is 5. The number of nitrogens with zero attached hydrogens (tertiary/aromatic N) is 2.